The Morgan fingerprint density at radius 1 is 1.21 bits per heavy atom. The number of rotatable bonds is 6. The number of carbonyl (C=O) groups excluding carboxylic acids is 1. The van der Waals surface area contributed by atoms with E-state index in [1.807, 2.05) is 29.6 Å². The summed E-state index contributed by atoms with van der Waals surface area (Å²) in [7, 11) is 0. The second-order valence-corrected chi connectivity index (χ2v) is 9.43. The van der Waals surface area contributed by atoms with Gasteiger partial charge in [-0.05, 0) is 30.5 Å². The molecule has 28 heavy (non-hydrogen) atoms. The van der Waals surface area contributed by atoms with Crippen LogP contribution < -0.4 is 5.32 Å². The molecule has 0 atom stereocenters. The molecule has 5 nitrogen and oxygen atoms in total. The highest BCUT2D eigenvalue weighted by atomic mass is 35.5. The number of nitrogens with one attached hydrogen (secondary N) is 1. The number of thiazole rings is 1. The Morgan fingerprint density at radius 3 is 2.89 bits per heavy atom. The van der Waals surface area contributed by atoms with Gasteiger partial charge in [0.1, 0.15) is 5.01 Å². The molecule has 0 spiro atoms. The monoisotopic (exact) mass is 432 g/mol. The van der Waals surface area contributed by atoms with Crippen LogP contribution in [-0.2, 0) is 17.6 Å². The zero-order valence-corrected chi connectivity index (χ0v) is 17.7. The smallest absolute Gasteiger partial charge is 0.232 e. The Bertz CT molecular complexity index is 949. The van der Waals surface area contributed by atoms with Crippen LogP contribution in [0.25, 0.3) is 0 Å². The SMILES string of the molecule is O=C(Cc1csc(Cc2cccc(Cl)c2)n1)Nc1nnc(C2CCCCC2)s1. The average molecular weight is 433 g/mol. The highest BCUT2D eigenvalue weighted by Crippen LogP contribution is 2.35. The van der Waals surface area contributed by atoms with E-state index in [9.17, 15) is 4.79 Å². The molecule has 0 unspecified atom stereocenters. The van der Waals surface area contributed by atoms with Crippen molar-refractivity contribution in [1.29, 1.82) is 0 Å². The minimum absolute atomic E-state index is 0.106. The number of anilines is 1. The number of amides is 1. The standard InChI is InChI=1S/C20H21ClN4OS2/c21-15-8-4-5-13(9-15)10-18-22-16(12-27-18)11-17(26)23-20-25-24-19(28-20)14-6-2-1-3-7-14/h4-5,8-9,12,14H,1-3,6-7,10-11H2,(H,23,25,26). The maximum Gasteiger partial charge on any atom is 0.232 e. The van der Waals surface area contributed by atoms with E-state index in [2.05, 4.69) is 20.5 Å². The summed E-state index contributed by atoms with van der Waals surface area (Å²) in [6, 6.07) is 7.76. The summed E-state index contributed by atoms with van der Waals surface area (Å²) in [5.74, 6) is 0.399. The van der Waals surface area contributed by atoms with Gasteiger partial charge in [0.25, 0.3) is 0 Å². The molecule has 146 valence electrons. The van der Waals surface area contributed by atoms with Crippen LogP contribution in [-0.4, -0.2) is 21.1 Å². The van der Waals surface area contributed by atoms with E-state index in [1.165, 1.54) is 43.4 Å². The van der Waals surface area contributed by atoms with Gasteiger partial charge in [0, 0.05) is 22.7 Å². The Hall–Kier alpha value is -1.83. The van der Waals surface area contributed by atoms with Crippen molar-refractivity contribution in [3.63, 3.8) is 0 Å². The molecular formula is C20H21ClN4OS2. The Kier molecular flexibility index (Phi) is 6.34. The Labute approximate surface area is 177 Å². The summed E-state index contributed by atoms with van der Waals surface area (Å²) >= 11 is 9.10. The van der Waals surface area contributed by atoms with Gasteiger partial charge in [-0.25, -0.2) is 4.98 Å². The third kappa shape index (κ3) is 5.16. The van der Waals surface area contributed by atoms with Crippen LogP contribution in [0.15, 0.2) is 29.6 Å². The first kappa shape index (κ1) is 19.5. The van der Waals surface area contributed by atoms with Gasteiger partial charge in [0.05, 0.1) is 17.1 Å². The third-order valence-corrected chi connectivity index (χ3v) is 6.96. The van der Waals surface area contributed by atoms with Gasteiger partial charge in [-0.1, -0.05) is 54.3 Å². The van der Waals surface area contributed by atoms with Crippen LogP contribution in [0.3, 0.4) is 0 Å². The minimum atomic E-state index is -0.106. The van der Waals surface area contributed by atoms with Crippen LogP contribution in [0, 0.1) is 0 Å². The summed E-state index contributed by atoms with van der Waals surface area (Å²) in [4.78, 5) is 16.9. The fourth-order valence-corrected chi connectivity index (χ4v) is 5.43. The molecule has 1 saturated carbocycles. The van der Waals surface area contributed by atoms with Crippen molar-refractivity contribution in [2.75, 3.05) is 5.32 Å². The van der Waals surface area contributed by atoms with Gasteiger partial charge in [0.15, 0.2) is 0 Å². The zero-order chi connectivity index (χ0) is 19.3. The molecule has 2 heterocycles. The number of nitrogens with zero attached hydrogens (tertiary/aromatic N) is 3. The van der Waals surface area contributed by atoms with Crippen LogP contribution in [0.1, 0.15) is 59.3 Å². The molecule has 1 aliphatic carbocycles. The van der Waals surface area contributed by atoms with E-state index in [4.69, 9.17) is 11.6 Å². The molecule has 1 aromatic carbocycles. The maximum absolute atomic E-state index is 12.4. The van der Waals surface area contributed by atoms with Crippen LogP contribution in [0.4, 0.5) is 5.13 Å². The summed E-state index contributed by atoms with van der Waals surface area (Å²) in [5.41, 5.74) is 1.89. The van der Waals surface area contributed by atoms with E-state index in [1.54, 1.807) is 11.3 Å². The number of hydrogen-bond acceptors (Lipinski definition) is 6. The number of benzene rings is 1. The maximum atomic E-state index is 12.4. The molecule has 0 saturated heterocycles. The van der Waals surface area contributed by atoms with Crippen molar-refractivity contribution >= 4 is 45.3 Å². The summed E-state index contributed by atoms with van der Waals surface area (Å²) in [5, 5.41) is 16.6. The topological polar surface area (TPSA) is 67.8 Å². The first-order valence-electron chi connectivity index (χ1n) is 9.47. The Morgan fingerprint density at radius 2 is 2.07 bits per heavy atom. The van der Waals surface area contributed by atoms with Gasteiger partial charge in [-0.15, -0.1) is 21.5 Å². The first-order valence-corrected chi connectivity index (χ1v) is 11.5. The Balaban J connectivity index is 1.32. The van der Waals surface area contributed by atoms with Crippen molar-refractivity contribution in [2.24, 2.45) is 0 Å². The summed E-state index contributed by atoms with van der Waals surface area (Å²) in [6.07, 6.45) is 7.14. The van der Waals surface area contributed by atoms with E-state index in [-0.39, 0.29) is 12.3 Å². The fourth-order valence-electron chi connectivity index (χ4n) is 3.46. The number of carbonyl (C=O) groups is 1. The molecule has 0 aliphatic heterocycles. The number of hydrogen-bond donors (Lipinski definition) is 1. The van der Waals surface area contributed by atoms with Crippen LogP contribution >= 0.6 is 34.3 Å². The molecule has 1 aliphatic rings. The molecule has 4 rings (SSSR count). The largest absolute Gasteiger partial charge is 0.300 e. The third-order valence-electron chi connectivity index (χ3n) is 4.83. The molecule has 0 bridgehead atoms. The second-order valence-electron chi connectivity index (χ2n) is 7.04. The molecule has 2 aromatic heterocycles. The quantitative estimate of drug-likeness (QED) is 0.560. The minimum Gasteiger partial charge on any atom is -0.300 e. The van der Waals surface area contributed by atoms with Crippen molar-refractivity contribution in [2.45, 2.75) is 50.9 Å². The highest BCUT2D eigenvalue weighted by Gasteiger charge is 2.20. The van der Waals surface area contributed by atoms with E-state index < -0.39 is 0 Å². The fraction of sp³-hybridized carbons (Fsp3) is 0.400. The normalized spacial score (nSPS) is 14.9. The van der Waals surface area contributed by atoms with E-state index in [0.717, 1.165) is 26.3 Å². The van der Waals surface area contributed by atoms with Crippen molar-refractivity contribution in [3.8, 4) is 0 Å². The van der Waals surface area contributed by atoms with Crippen molar-refractivity contribution in [1.82, 2.24) is 15.2 Å². The van der Waals surface area contributed by atoms with Crippen LogP contribution in [0.5, 0.6) is 0 Å². The van der Waals surface area contributed by atoms with Crippen LogP contribution in [0.2, 0.25) is 5.02 Å². The number of aromatic nitrogens is 3. The summed E-state index contributed by atoms with van der Waals surface area (Å²) < 4.78 is 0. The molecule has 1 fully saturated rings. The molecule has 8 heteroatoms. The van der Waals surface area contributed by atoms with Gasteiger partial charge < -0.3 is 5.32 Å². The van der Waals surface area contributed by atoms with E-state index >= 15 is 0 Å². The average Bonchev–Trinajstić information content (AvgIpc) is 3.32. The highest BCUT2D eigenvalue weighted by molar-refractivity contribution is 7.15. The van der Waals surface area contributed by atoms with Gasteiger partial charge in [-0.3, -0.25) is 4.79 Å². The number of halogens is 1. The lowest BCUT2D eigenvalue weighted by molar-refractivity contribution is -0.115. The van der Waals surface area contributed by atoms with Crippen molar-refractivity contribution in [3.05, 3.63) is 55.9 Å². The zero-order valence-electron chi connectivity index (χ0n) is 15.4. The van der Waals surface area contributed by atoms with Crippen molar-refractivity contribution < 1.29 is 4.79 Å². The lowest BCUT2D eigenvalue weighted by atomic mass is 9.90. The predicted molar refractivity (Wildman–Crippen MR) is 114 cm³/mol. The molecule has 3 aromatic rings. The molecular weight excluding hydrogens is 412 g/mol. The van der Waals surface area contributed by atoms with Gasteiger partial charge in [-0.2, -0.15) is 0 Å². The lowest BCUT2D eigenvalue weighted by Crippen LogP contribution is -2.14. The van der Waals surface area contributed by atoms with Gasteiger partial charge >= 0.3 is 0 Å². The second kappa shape index (κ2) is 9.11. The molecule has 0 radical (unpaired) electrons. The van der Waals surface area contributed by atoms with Gasteiger partial charge in [0.2, 0.25) is 11.0 Å². The lowest BCUT2D eigenvalue weighted by Gasteiger charge is -2.18. The predicted octanol–water partition coefficient (Wildman–Crippen LogP) is 5.47. The molecule has 1 N–H and O–H groups in total. The van der Waals surface area contributed by atoms with E-state index in [0.29, 0.717) is 17.5 Å². The summed E-state index contributed by atoms with van der Waals surface area (Å²) in [6.45, 7) is 0. The first-order chi connectivity index (χ1) is 13.7. The molecule has 1 amide bonds.